The lowest BCUT2D eigenvalue weighted by atomic mass is 9.84. The number of ether oxygens (including phenoxy) is 1. The van der Waals surface area contributed by atoms with Gasteiger partial charge in [-0.3, -0.25) is 9.35 Å². The maximum Gasteiger partial charge on any atom is 0.231 e. The van der Waals surface area contributed by atoms with Gasteiger partial charge in [-0.25, -0.2) is 13.9 Å². The van der Waals surface area contributed by atoms with Gasteiger partial charge in [0.15, 0.2) is 5.82 Å². The molecule has 2 heterocycles. The number of halogens is 1. The van der Waals surface area contributed by atoms with Crippen LogP contribution in [0.15, 0.2) is 18.3 Å². The van der Waals surface area contributed by atoms with Crippen molar-refractivity contribution in [2.75, 3.05) is 35.7 Å². The van der Waals surface area contributed by atoms with E-state index in [0.717, 1.165) is 49.8 Å². The summed E-state index contributed by atoms with van der Waals surface area (Å²) in [6, 6.07) is 3.96. The quantitative estimate of drug-likeness (QED) is 0.350. The average Bonchev–Trinajstić information content (AvgIpc) is 3.02. The van der Waals surface area contributed by atoms with Crippen LogP contribution >= 0.6 is 11.6 Å². The fourth-order valence-electron chi connectivity index (χ4n) is 5.02. The van der Waals surface area contributed by atoms with Crippen LogP contribution in [0.5, 0.6) is 5.75 Å². The van der Waals surface area contributed by atoms with Gasteiger partial charge in [-0.05, 0) is 50.2 Å². The normalized spacial score (nSPS) is 20.9. The molecular formula is C24H33ClN6O4S. The van der Waals surface area contributed by atoms with Gasteiger partial charge in [0.2, 0.25) is 23.1 Å². The number of anilines is 4. The summed E-state index contributed by atoms with van der Waals surface area (Å²) in [5.74, 6) is 1.75. The summed E-state index contributed by atoms with van der Waals surface area (Å²) in [6.07, 6.45) is 7.65. The Morgan fingerprint density at radius 1 is 1.25 bits per heavy atom. The Morgan fingerprint density at radius 2 is 2.06 bits per heavy atom. The van der Waals surface area contributed by atoms with Gasteiger partial charge in [-0.2, -0.15) is 4.98 Å². The maximum atomic E-state index is 12.5. The Labute approximate surface area is 219 Å². The summed E-state index contributed by atoms with van der Waals surface area (Å²) in [5, 5.41) is 7.09. The number of fused-ring (bicyclic) bond motifs is 1. The summed E-state index contributed by atoms with van der Waals surface area (Å²) >= 11 is 4.39. The van der Waals surface area contributed by atoms with Crippen LogP contribution in [-0.2, 0) is 22.5 Å². The third-order valence-electron chi connectivity index (χ3n) is 6.84. The third-order valence-corrected chi connectivity index (χ3v) is 7.53. The maximum absolute atomic E-state index is 12.5. The van der Waals surface area contributed by atoms with E-state index in [4.69, 9.17) is 20.9 Å². The first-order valence-corrected chi connectivity index (χ1v) is 13.8. The molecule has 4 rings (SSSR count). The molecule has 3 atom stereocenters. The van der Waals surface area contributed by atoms with E-state index in [2.05, 4.69) is 25.3 Å². The van der Waals surface area contributed by atoms with Crippen molar-refractivity contribution in [1.82, 2.24) is 14.7 Å². The van der Waals surface area contributed by atoms with E-state index >= 15 is 0 Å². The number of carbonyl (C=O) groups is 1. The second-order valence-electron chi connectivity index (χ2n) is 9.08. The molecule has 0 saturated heterocycles. The number of aromatic nitrogens is 2. The highest BCUT2D eigenvalue weighted by Gasteiger charge is 2.27. The highest BCUT2D eigenvalue weighted by atomic mass is 35.5. The van der Waals surface area contributed by atoms with Crippen molar-refractivity contribution in [2.45, 2.75) is 57.9 Å². The van der Waals surface area contributed by atoms with E-state index in [1.807, 2.05) is 19.1 Å². The zero-order valence-corrected chi connectivity index (χ0v) is 22.1. The lowest BCUT2D eigenvalue weighted by Crippen LogP contribution is -2.39. The molecule has 2 aromatic rings. The molecular weight excluding hydrogens is 504 g/mol. The summed E-state index contributed by atoms with van der Waals surface area (Å²) in [4.78, 5) is 23.3. The smallest absolute Gasteiger partial charge is 0.231 e. The number of carbonyl (C=O) groups excluding carboxylic acids is 1. The molecule has 1 aromatic carbocycles. The number of amides is 1. The Hall–Kier alpha value is -2.47. The van der Waals surface area contributed by atoms with E-state index in [9.17, 15) is 9.00 Å². The largest absolute Gasteiger partial charge is 0.494 e. The number of hydrogen-bond donors (Lipinski definition) is 4. The number of rotatable bonds is 9. The van der Waals surface area contributed by atoms with Gasteiger partial charge in [0.1, 0.15) is 10.8 Å². The third kappa shape index (κ3) is 6.26. The van der Waals surface area contributed by atoms with Crippen molar-refractivity contribution >= 4 is 51.9 Å². The Kier molecular flexibility index (Phi) is 9.00. The first-order valence-electron chi connectivity index (χ1n) is 12.3. The topological polar surface area (TPSA) is 129 Å². The number of aryl methyl sites for hydroxylation is 1. The number of nitrogens with one attached hydrogen (secondary N) is 3. The molecule has 1 aromatic heterocycles. The van der Waals surface area contributed by atoms with Gasteiger partial charge in [-0.15, -0.1) is 0 Å². The molecule has 0 spiro atoms. The first kappa shape index (κ1) is 26.6. The van der Waals surface area contributed by atoms with Gasteiger partial charge in [0, 0.05) is 31.6 Å². The van der Waals surface area contributed by atoms with Crippen molar-refractivity contribution in [3.63, 3.8) is 0 Å². The molecule has 12 heteroatoms. The molecule has 1 fully saturated rings. The van der Waals surface area contributed by atoms with E-state index in [-0.39, 0.29) is 17.9 Å². The second-order valence-corrected chi connectivity index (χ2v) is 10.3. The van der Waals surface area contributed by atoms with Crippen LogP contribution < -0.4 is 25.0 Å². The Morgan fingerprint density at radius 3 is 2.81 bits per heavy atom. The minimum Gasteiger partial charge on any atom is -0.494 e. The molecule has 1 amide bonds. The van der Waals surface area contributed by atoms with Gasteiger partial charge in [-0.1, -0.05) is 24.4 Å². The fourth-order valence-corrected chi connectivity index (χ4v) is 5.53. The van der Waals surface area contributed by atoms with Crippen molar-refractivity contribution < 1.29 is 18.3 Å². The molecule has 10 nitrogen and oxygen atoms in total. The summed E-state index contributed by atoms with van der Waals surface area (Å²) in [5.41, 5.74) is 2.65. The van der Waals surface area contributed by atoms with Crippen LogP contribution in [0, 0.1) is 5.92 Å². The summed E-state index contributed by atoms with van der Waals surface area (Å²) in [7, 11) is 1.59. The molecule has 1 unspecified atom stereocenters. The van der Waals surface area contributed by atoms with Crippen molar-refractivity contribution in [2.24, 2.45) is 5.92 Å². The van der Waals surface area contributed by atoms with E-state index in [1.165, 1.54) is 0 Å². The van der Waals surface area contributed by atoms with Gasteiger partial charge in [0.25, 0.3) is 0 Å². The van der Waals surface area contributed by atoms with Crippen molar-refractivity contribution in [3.05, 3.63) is 28.9 Å². The number of benzene rings is 1. The van der Waals surface area contributed by atoms with Gasteiger partial charge >= 0.3 is 0 Å². The van der Waals surface area contributed by atoms with Crippen LogP contribution in [0.4, 0.5) is 23.1 Å². The molecule has 1 saturated carbocycles. The van der Waals surface area contributed by atoms with E-state index < -0.39 is 11.3 Å². The van der Waals surface area contributed by atoms with Crippen LogP contribution in [0.1, 0.15) is 51.0 Å². The standard InChI is InChI=1S/C24H33ClN6O4S/c1-3-31-20-12-21(35-2)19(11-15(20)8-6-10-22(31)32)29-24-26-14-17(25)23(30-24)28-18-9-5-4-7-16(18)13-27-36(33)34/h11-12,14,16,18,27H,3-10,13H2,1-2H3,(H,33,34)(H2,26,28,29,30)/t16-,18-/m1/s1. The molecule has 2 aliphatic rings. The molecule has 0 radical (unpaired) electrons. The van der Waals surface area contributed by atoms with Crippen LogP contribution in [0.3, 0.4) is 0 Å². The van der Waals surface area contributed by atoms with Crippen LogP contribution in [0.25, 0.3) is 0 Å². The van der Waals surface area contributed by atoms with E-state index in [1.54, 1.807) is 18.2 Å². The number of methoxy groups -OCH3 is 1. The lowest BCUT2D eigenvalue weighted by Gasteiger charge is -2.32. The fraction of sp³-hybridized carbons (Fsp3) is 0.542. The zero-order valence-electron chi connectivity index (χ0n) is 20.6. The highest BCUT2D eigenvalue weighted by Crippen LogP contribution is 2.38. The minimum absolute atomic E-state index is 0.0645. The molecule has 1 aliphatic heterocycles. The molecule has 0 bridgehead atoms. The Balaban J connectivity index is 1.57. The summed E-state index contributed by atoms with van der Waals surface area (Å²) < 4.78 is 28.5. The van der Waals surface area contributed by atoms with Crippen molar-refractivity contribution in [1.29, 1.82) is 0 Å². The number of hydrogen-bond acceptors (Lipinski definition) is 7. The second kappa shape index (κ2) is 12.2. The minimum atomic E-state index is -2.04. The molecule has 196 valence electrons. The van der Waals surface area contributed by atoms with Crippen LogP contribution in [-0.4, -0.2) is 50.9 Å². The van der Waals surface area contributed by atoms with Gasteiger partial charge in [0.05, 0.1) is 24.7 Å². The molecule has 36 heavy (non-hydrogen) atoms. The Bertz CT molecular complexity index is 1120. The van der Waals surface area contributed by atoms with Crippen LogP contribution in [0.2, 0.25) is 5.02 Å². The van der Waals surface area contributed by atoms with Gasteiger partial charge < -0.3 is 20.3 Å². The summed E-state index contributed by atoms with van der Waals surface area (Å²) in [6.45, 7) is 3.00. The molecule has 1 aliphatic carbocycles. The molecule has 4 N–H and O–H groups in total. The SMILES string of the molecule is CCN1C(=O)CCCc2cc(Nc3ncc(Cl)c(N[C@@H]4CCCC[C@@H]4CNS(=O)O)n3)c(OC)cc21. The first-order chi connectivity index (χ1) is 17.4. The van der Waals surface area contributed by atoms with Crippen molar-refractivity contribution in [3.8, 4) is 5.75 Å². The predicted octanol–water partition coefficient (Wildman–Crippen LogP) is 4.27. The average molecular weight is 537 g/mol. The lowest BCUT2D eigenvalue weighted by molar-refractivity contribution is -0.118. The number of nitrogens with zero attached hydrogens (tertiary/aromatic N) is 3. The monoisotopic (exact) mass is 536 g/mol. The zero-order chi connectivity index (χ0) is 25.7. The highest BCUT2D eigenvalue weighted by molar-refractivity contribution is 7.77. The van der Waals surface area contributed by atoms with E-state index in [0.29, 0.717) is 47.7 Å². The predicted molar refractivity (Wildman–Crippen MR) is 142 cm³/mol.